The van der Waals surface area contributed by atoms with Crippen LogP contribution in [0.2, 0.25) is 0 Å². The Morgan fingerprint density at radius 3 is 1.22 bits per heavy atom. The number of carboxylic acids is 7. The largest absolute Gasteiger partial charge is 0.481 e. The first-order valence-corrected chi connectivity index (χ1v) is 33.6. The van der Waals surface area contributed by atoms with Gasteiger partial charge in [-0.25, -0.2) is 4.79 Å². The van der Waals surface area contributed by atoms with Gasteiger partial charge in [0, 0.05) is 51.5 Å². The molecule has 1 heterocycles. The van der Waals surface area contributed by atoms with Gasteiger partial charge in [0.15, 0.2) is 0 Å². The van der Waals surface area contributed by atoms with E-state index in [2.05, 4.69) is 53.2 Å². The molecule has 38 nitrogen and oxygen atoms in total. The van der Waals surface area contributed by atoms with Gasteiger partial charge in [-0.2, -0.15) is 0 Å². The Kier molecular flexibility index (Phi) is 36.7. The first-order chi connectivity index (χ1) is 49.4. The van der Waals surface area contributed by atoms with Gasteiger partial charge in [0.25, 0.3) is 0 Å². The highest BCUT2D eigenvalue weighted by molar-refractivity contribution is 6.01. The number of nitrogens with one attached hydrogen (secondary N) is 10. The second-order valence-electron chi connectivity index (χ2n) is 25.4. The predicted molar refractivity (Wildman–Crippen MR) is 361 cm³/mol. The molecule has 12 atom stereocenters. The zero-order valence-corrected chi connectivity index (χ0v) is 58.1. The summed E-state index contributed by atoms with van der Waals surface area (Å²) < 4.78 is 0. The van der Waals surface area contributed by atoms with Crippen molar-refractivity contribution in [1.29, 1.82) is 0 Å². The topological polar surface area (TPSA) is 616 Å². The van der Waals surface area contributed by atoms with E-state index < -0.39 is 268 Å². The third kappa shape index (κ3) is 32.1. The van der Waals surface area contributed by atoms with Crippen molar-refractivity contribution in [1.82, 2.24) is 58.1 Å². The maximum atomic E-state index is 15.0. The molecule has 0 bridgehead atoms. The fraction of sp³-hybridized carbons (Fsp3) is 0.537. The minimum atomic E-state index is -2.16. The van der Waals surface area contributed by atoms with Crippen LogP contribution in [0.15, 0.2) is 60.7 Å². The summed E-state index contributed by atoms with van der Waals surface area (Å²) in [7, 11) is 0. The number of primary amides is 1. The molecular weight excluding hydrogens is 1390 g/mol. The van der Waals surface area contributed by atoms with Gasteiger partial charge in [-0.3, -0.25) is 86.3 Å². The highest BCUT2D eigenvalue weighted by atomic mass is 16.4. The SMILES string of the molecule is CCC(C)C(NC(=O)C(CC(=O)O)NC(=O)C(CC(=O)O)NC(=O)C(CC(C)C)NC(=O)C1CCCN1C(=O)C(Cc1ccccc1)NC(=O)C(CCC(=O)O)NC(=O)C(CCC(=O)O)NC(=O)C(Cc1ccccc1)NC(=O)CCC(=O)O)C(=O)NC(CCC(=O)O)C(=O)NC(CCC(N)=O)C(=O)O. The van der Waals surface area contributed by atoms with Crippen LogP contribution in [-0.4, -0.2) is 226 Å². The van der Waals surface area contributed by atoms with Crippen LogP contribution in [0, 0.1) is 11.8 Å². The Balaban J connectivity index is 1.96. The van der Waals surface area contributed by atoms with Gasteiger partial charge in [0.1, 0.15) is 66.5 Å². The second-order valence-corrected chi connectivity index (χ2v) is 25.4. The molecule has 12 unspecified atom stereocenters. The third-order valence-electron chi connectivity index (χ3n) is 16.5. The van der Waals surface area contributed by atoms with E-state index in [-0.39, 0.29) is 45.1 Å². The Bertz CT molecular complexity index is 3470. The van der Waals surface area contributed by atoms with Crippen LogP contribution >= 0.6 is 0 Å². The summed E-state index contributed by atoms with van der Waals surface area (Å²) in [5.41, 5.74) is 6.05. The lowest BCUT2D eigenvalue weighted by atomic mass is 9.96. The molecule has 12 amide bonds. The summed E-state index contributed by atoms with van der Waals surface area (Å²) >= 11 is 0. The van der Waals surface area contributed by atoms with Crippen molar-refractivity contribution in [2.45, 2.75) is 210 Å². The number of likely N-dealkylation sites (tertiary alicyclic amines) is 1. The van der Waals surface area contributed by atoms with Crippen molar-refractivity contribution >= 4 is 113 Å². The number of benzene rings is 2. The van der Waals surface area contributed by atoms with Gasteiger partial charge in [-0.05, 0) is 67.9 Å². The molecule has 38 heteroatoms. The van der Waals surface area contributed by atoms with Crippen molar-refractivity contribution in [2.24, 2.45) is 17.6 Å². The van der Waals surface area contributed by atoms with E-state index in [4.69, 9.17) is 10.8 Å². The van der Waals surface area contributed by atoms with Crippen molar-refractivity contribution < 1.29 is 127 Å². The van der Waals surface area contributed by atoms with E-state index >= 15 is 0 Å². The van der Waals surface area contributed by atoms with Gasteiger partial charge in [-0.15, -0.1) is 0 Å². The molecule has 1 aliphatic rings. The Morgan fingerprint density at radius 2 is 0.800 bits per heavy atom. The third-order valence-corrected chi connectivity index (χ3v) is 16.5. The monoisotopic (exact) mass is 1480 g/mol. The molecule has 1 aliphatic heterocycles. The van der Waals surface area contributed by atoms with Crippen molar-refractivity contribution in [2.75, 3.05) is 6.54 Å². The quantitative estimate of drug-likeness (QED) is 0.0317. The number of hydrogen-bond donors (Lipinski definition) is 18. The molecule has 1 fully saturated rings. The van der Waals surface area contributed by atoms with E-state index in [0.29, 0.717) is 11.1 Å². The number of rotatable bonds is 48. The number of hydrogen-bond acceptors (Lipinski definition) is 19. The first-order valence-electron chi connectivity index (χ1n) is 33.6. The van der Waals surface area contributed by atoms with Gasteiger partial charge in [-0.1, -0.05) is 94.8 Å². The van der Waals surface area contributed by atoms with Crippen LogP contribution < -0.4 is 58.9 Å². The zero-order valence-electron chi connectivity index (χ0n) is 58.1. The average molecular weight is 1480 g/mol. The molecule has 19 N–H and O–H groups in total. The molecule has 0 radical (unpaired) electrons. The Labute approximate surface area is 601 Å². The number of nitrogens with zero attached hydrogens (tertiary/aromatic N) is 1. The van der Waals surface area contributed by atoms with Gasteiger partial charge < -0.3 is 99.5 Å². The second kappa shape index (κ2) is 44.0. The molecule has 576 valence electrons. The number of aliphatic carboxylic acids is 7. The molecule has 105 heavy (non-hydrogen) atoms. The minimum Gasteiger partial charge on any atom is -0.481 e. The maximum Gasteiger partial charge on any atom is 0.326 e. The van der Waals surface area contributed by atoms with Gasteiger partial charge in [0.2, 0.25) is 70.9 Å². The standard InChI is InChI=1S/C67H92N12O26/c1-5-35(4)56(65(102)72-40(21-26-52(86)87)58(95)73-41(67(104)105)18-22-48(68)80)78-63(100)45(33-55(92)93)75-62(99)44(32-54(90)91)74-60(97)42(29-34(2)3)76-64(101)47-17-12-28-79(47)66(103)46(31-37-15-10-7-11-16-37)77-59(96)39(20-25-51(84)85)70-57(94)38(19-24-50(82)83)71-61(98)43(30-36-13-8-6-9-14-36)69-49(81)23-27-53(88)89/h6-11,13-16,34-35,38-47,56H,5,12,17-33H2,1-4H3,(H2,68,80)(H,69,81)(H,70,94)(H,71,98)(H,72,102)(H,73,95)(H,74,97)(H,75,99)(H,76,101)(H,77,96)(H,78,100)(H,82,83)(H,84,85)(H,86,87)(H,88,89)(H,90,91)(H,92,93)(H,104,105). The molecule has 1 saturated heterocycles. The number of amides is 12. The van der Waals surface area contributed by atoms with E-state index in [1.807, 2.05) is 0 Å². The van der Waals surface area contributed by atoms with Crippen LogP contribution in [0.25, 0.3) is 0 Å². The van der Waals surface area contributed by atoms with Crippen LogP contribution in [0.4, 0.5) is 0 Å². The summed E-state index contributed by atoms with van der Waals surface area (Å²) in [5.74, 6) is -25.7. The Morgan fingerprint density at radius 1 is 0.419 bits per heavy atom. The highest BCUT2D eigenvalue weighted by Crippen LogP contribution is 2.22. The van der Waals surface area contributed by atoms with E-state index in [0.717, 1.165) is 4.90 Å². The molecule has 2 aromatic rings. The molecule has 0 spiro atoms. The average Bonchev–Trinajstić information content (AvgIpc) is 1.68. The predicted octanol–water partition coefficient (Wildman–Crippen LogP) is -2.84. The van der Waals surface area contributed by atoms with Gasteiger partial charge >= 0.3 is 41.8 Å². The summed E-state index contributed by atoms with van der Waals surface area (Å²) in [6, 6.07) is -3.23. The molecular formula is C67H92N12O26. The van der Waals surface area contributed by atoms with E-state index in [1.165, 1.54) is 6.92 Å². The molecule has 0 saturated carbocycles. The summed E-state index contributed by atoms with van der Waals surface area (Å²) in [5, 5.41) is 90.6. The molecule has 2 aromatic carbocycles. The normalized spacial score (nSPS) is 15.6. The fourth-order valence-corrected chi connectivity index (χ4v) is 10.8. The Hall–Kier alpha value is -11.6. The van der Waals surface area contributed by atoms with Crippen molar-refractivity contribution in [3.63, 3.8) is 0 Å². The summed E-state index contributed by atoms with van der Waals surface area (Å²) in [6.45, 7) is 6.05. The number of nitrogens with two attached hydrogens (primary N) is 1. The van der Waals surface area contributed by atoms with Crippen molar-refractivity contribution in [3.8, 4) is 0 Å². The number of carboxylic acid groups (broad SMARTS) is 7. The fourth-order valence-electron chi connectivity index (χ4n) is 10.8. The summed E-state index contributed by atoms with van der Waals surface area (Å²) in [6.07, 6.45) is -9.45. The smallest absolute Gasteiger partial charge is 0.326 e. The maximum absolute atomic E-state index is 15.0. The van der Waals surface area contributed by atoms with Crippen LogP contribution in [0.3, 0.4) is 0 Å². The van der Waals surface area contributed by atoms with Crippen LogP contribution in [-0.2, 0) is 104 Å². The van der Waals surface area contributed by atoms with E-state index in [9.17, 15) is 122 Å². The molecule has 0 aliphatic carbocycles. The highest BCUT2D eigenvalue weighted by Gasteiger charge is 2.42. The lowest BCUT2D eigenvalue weighted by Gasteiger charge is -2.31. The first kappa shape index (κ1) is 87.6. The number of carbonyl (C=O) groups is 19. The summed E-state index contributed by atoms with van der Waals surface area (Å²) in [4.78, 5) is 250. The van der Waals surface area contributed by atoms with Crippen molar-refractivity contribution in [3.05, 3.63) is 71.8 Å². The van der Waals surface area contributed by atoms with Crippen LogP contribution in [0.5, 0.6) is 0 Å². The minimum absolute atomic E-state index is 0.0667. The number of carbonyl (C=O) groups excluding carboxylic acids is 12. The van der Waals surface area contributed by atoms with Crippen LogP contribution in [0.1, 0.15) is 142 Å². The lowest BCUT2D eigenvalue weighted by Crippen LogP contribution is -2.61. The molecule has 3 rings (SSSR count). The molecule has 0 aromatic heterocycles. The van der Waals surface area contributed by atoms with E-state index in [1.54, 1.807) is 81.4 Å². The zero-order chi connectivity index (χ0) is 78.8. The van der Waals surface area contributed by atoms with Gasteiger partial charge in [0.05, 0.1) is 19.3 Å². The lowest BCUT2D eigenvalue weighted by molar-refractivity contribution is -0.144.